The van der Waals surface area contributed by atoms with Crippen molar-refractivity contribution >= 4 is 45.1 Å². The molecule has 0 spiro atoms. The minimum atomic E-state index is -4.12. The average molecular weight is 559 g/mol. The number of aliphatic carboxylic acids is 1. The molecule has 1 atom stereocenters. The Morgan fingerprint density at radius 1 is 0.789 bits per heavy atom. The Kier molecular flexibility index (Phi) is 10.1. The number of carboxylic acids is 1. The van der Waals surface area contributed by atoms with Crippen molar-refractivity contribution in [2.45, 2.75) is 23.9 Å². The number of nitrogens with one attached hydrogen (secondary N) is 4. The first-order valence-corrected chi connectivity index (χ1v) is 13.7. The Morgan fingerprint density at radius 2 is 1.37 bits per heavy atom. The molecule has 3 amide bonds. The van der Waals surface area contributed by atoms with E-state index in [0.29, 0.717) is 6.54 Å². The van der Waals surface area contributed by atoms with Crippen molar-refractivity contribution in [1.29, 1.82) is 0 Å². The van der Waals surface area contributed by atoms with Crippen LogP contribution in [0.2, 0.25) is 0 Å². The minimum absolute atomic E-state index is 0.0761. The van der Waals surface area contributed by atoms with Gasteiger partial charge in [-0.05, 0) is 29.8 Å². The average Bonchev–Trinajstić information content (AvgIpc) is 3.41. The number of rotatable bonds is 13. The lowest BCUT2D eigenvalue weighted by atomic mass is 10.2. The lowest BCUT2D eigenvalue weighted by Crippen LogP contribution is -2.48. The molecule has 0 fully saturated rings. The van der Waals surface area contributed by atoms with E-state index in [1.54, 1.807) is 6.07 Å². The van der Waals surface area contributed by atoms with Crippen LogP contribution in [-0.4, -0.2) is 56.3 Å². The van der Waals surface area contributed by atoms with Gasteiger partial charge in [-0.25, -0.2) is 8.42 Å². The number of carbonyl (C=O) groups is 4. The van der Waals surface area contributed by atoms with Crippen molar-refractivity contribution in [3.05, 3.63) is 88.1 Å². The van der Waals surface area contributed by atoms with Crippen LogP contribution in [0, 0.1) is 0 Å². The third kappa shape index (κ3) is 8.50. The first-order chi connectivity index (χ1) is 18.2. The Hall–Kier alpha value is -4.07. The molecule has 0 aliphatic rings. The quantitative estimate of drug-likeness (QED) is 0.211. The van der Waals surface area contributed by atoms with Crippen LogP contribution in [-0.2, 0) is 26.2 Å². The Balaban J connectivity index is 1.45. The molecule has 0 aliphatic heterocycles. The van der Waals surface area contributed by atoms with Crippen LogP contribution in [0.4, 0.5) is 0 Å². The highest BCUT2D eigenvalue weighted by Crippen LogP contribution is 2.16. The fourth-order valence-corrected chi connectivity index (χ4v) is 5.21. The van der Waals surface area contributed by atoms with Gasteiger partial charge < -0.3 is 21.1 Å². The lowest BCUT2D eigenvalue weighted by Gasteiger charge is -2.15. The number of benzene rings is 2. The zero-order valence-corrected chi connectivity index (χ0v) is 21.7. The molecule has 0 aliphatic carbocycles. The number of hydrogen-bond donors (Lipinski definition) is 5. The molecule has 38 heavy (non-hydrogen) atoms. The molecule has 0 saturated heterocycles. The summed E-state index contributed by atoms with van der Waals surface area (Å²) in [5, 5.41) is 17.1. The molecule has 0 radical (unpaired) electrons. The molecule has 200 valence electrons. The number of amides is 3. The van der Waals surface area contributed by atoms with E-state index >= 15 is 0 Å². The zero-order valence-electron chi connectivity index (χ0n) is 20.0. The van der Waals surface area contributed by atoms with Gasteiger partial charge in [-0.1, -0.05) is 48.5 Å². The largest absolute Gasteiger partial charge is 0.480 e. The fourth-order valence-electron chi connectivity index (χ4n) is 3.16. The van der Waals surface area contributed by atoms with Crippen LogP contribution < -0.4 is 20.7 Å². The highest BCUT2D eigenvalue weighted by atomic mass is 32.2. The normalized spacial score (nSPS) is 11.8. The van der Waals surface area contributed by atoms with E-state index in [1.807, 2.05) is 30.3 Å². The van der Waals surface area contributed by atoms with E-state index < -0.39 is 40.4 Å². The van der Waals surface area contributed by atoms with Gasteiger partial charge in [0.05, 0.1) is 14.6 Å². The summed E-state index contributed by atoms with van der Waals surface area (Å²) in [5.41, 5.74) is 0.956. The Morgan fingerprint density at radius 3 is 1.97 bits per heavy atom. The van der Waals surface area contributed by atoms with Crippen molar-refractivity contribution in [2.75, 3.05) is 13.1 Å². The molecule has 3 aromatic rings. The summed E-state index contributed by atoms with van der Waals surface area (Å²) in [4.78, 5) is 48.6. The Bertz CT molecular complexity index is 1380. The van der Waals surface area contributed by atoms with E-state index in [-0.39, 0.29) is 33.5 Å². The second-order valence-corrected chi connectivity index (χ2v) is 10.8. The monoisotopic (exact) mass is 558 g/mol. The lowest BCUT2D eigenvalue weighted by molar-refractivity contribution is -0.138. The molecular weight excluding hydrogens is 532 g/mol. The summed E-state index contributed by atoms with van der Waals surface area (Å²) >= 11 is 0.875. The van der Waals surface area contributed by atoms with Crippen molar-refractivity contribution in [3.63, 3.8) is 0 Å². The number of thiophene rings is 1. The van der Waals surface area contributed by atoms with E-state index in [4.69, 9.17) is 0 Å². The van der Waals surface area contributed by atoms with Crippen molar-refractivity contribution in [1.82, 2.24) is 20.7 Å². The molecular formula is C25H26N4O7S2. The molecule has 5 N–H and O–H groups in total. The number of carbonyl (C=O) groups excluding carboxylic acids is 3. The molecule has 0 saturated carbocycles. The zero-order chi connectivity index (χ0) is 27.5. The molecule has 11 nitrogen and oxygen atoms in total. The third-order valence-corrected chi connectivity index (χ3v) is 7.71. The van der Waals surface area contributed by atoms with Gasteiger partial charge >= 0.3 is 5.97 Å². The van der Waals surface area contributed by atoms with Crippen molar-refractivity contribution < 1.29 is 32.7 Å². The van der Waals surface area contributed by atoms with Crippen LogP contribution in [0.5, 0.6) is 0 Å². The summed E-state index contributed by atoms with van der Waals surface area (Å²) in [7, 11) is -4.12. The molecule has 2 aromatic carbocycles. The Labute approximate surface area is 223 Å². The van der Waals surface area contributed by atoms with Crippen LogP contribution in [0.3, 0.4) is 0 Å². The summed E-state index contributed by atoms with van der Waals surface area (Å²) in [6, 6.07) is 17.8. The standard InChI is InChI=1S/C25H26N4O7S2/c30-22(27-15-17-7-3-1-4-8-17)13-14-26-23(31)20-11-12-21(37-20)24(32)28-16-19(25(33)34)29-38(35,36)18-9-5-2-6-10-18/h1-12,19,29H,13-16H2,(H,26,31)(H,27,30)(H,28,32)(H,33,34). The molecule has 13 heteroatoms. The number of carboxylic acid groups (broad SMARTS) is 1. The first-order valence-electron chi connectivity index (χ1n) is 11.4. The first kappa shape index (κ1) is 28.5. The van der Waals surface area contributed by atoms with Gasteiger partial charge in [0.2, 0.25) is 15.9 Å². The predicted molar refractivity (Wildman–Crippen MR) is 140 cm³/mol. The highest BCUT2D eigenvalue weighted by Gasteiger charge is 2.26. The van der Waals surface area contributed by atoms with Gasteiger partial charge in [0, 0.05) is 26.1 Å². The summed E-state index contributed by atoms with van der Waals surface area (Å²) < 4.78 is 26.9. The second-order valence-electron chi connectivity index (χ2n) is 7.97. The van der Waals surface area contributed by atoms with Crippen LogP contribution in [0.15, 0.2) is 77.7 Å². The fraction of sp³-hybridized carbons (Fsp3) is 0.200. The molecule has 1 aromatic heterocycles. The van der Waals surface area contributed by atoms with Gasteiger partial charge in [-0.3, -0.25) is 19.2 Å². The van der Waals surface area contributed by atoms with Crippen molar-refractivity contribution in [2.24, 2.45) is 0 Å². The van der Waals surface area contributed by atoms with Gasteiger partial charge in [-0.2, -0.15) is 4.72 Å². The van der Waals surface area contributed by atoms with E-state index in [9.17, 15) is 32.7 Å². The van der Waals surface area contributed by atoms with Crippen LogP contribution in [0.25, 0.3) is 0 Å². The van der Waals surface area contributed by atoms with Crippen LogP contribution >= 0.6 is 11.3 Å². The van der Waals surface area contributed by atoms with E-state index in [1.165, 1.54) is 36.4 Å². The van der Waals surface area contributed by atoms with Gasteiger partial charge in [0.15, 0.2) is 0 Å². The maximum absolute atomic E-state index is 12.5. The summed E-state index contributed by atoms with van der Waals surface area (Å²) in [5.74, 6) is -2.83. The van der Waals surface area contributed by atoms with Gasteiger partial charge in [0.25, 0.3) is 11.8 Å². The highest BCUT2D eigenvalue weighted by molar-refractivity contribution is 7.89. The van der Waals surface area contributed by atoms with Gasteiger partial charge in [0.1, 0.15) is 6.04 Å². The van der Waals surface area contributed by atoms with E-state index in [2.05, 4.69) is 20.7 Å². The van der Waals surface area contributed by atoms with Crippen LogP contribution in [0.1, 0.15) is 31.3 Å². The number of sulfonamides is 1. The molecule has 1 heterocycles. The van der Waals surface area contributed by atoms with E-state index in [0.717, 1.165) is 16.9 Å². The van der Waals surface area contributed by atoms with Crippen molar-refractivity contribution in [3.8, 4) is 0 Å². The van der Waals surface area contributed by atoms with Gasteiger partial charge in [-0.15, -0.1) is 11.3 Å². The maximum Gasteiger partial charge on any atom is 0.323 e. The summed E-state index contributed by atoms with van der Waals surface area (Å²) in [6.07, 6.45) is 0.0761. The predicted octanol–water partition coefficient (Wildman–Crippen LogP) is 1.35. The molecule has 1 unspecified atom stereocenters. The maximum atomic E-state index is 12.5. The molecule has 0 bridgehead atoms. The SMILES string of the molecule is O=C(CCNC(=O)c1ccc(C(=O)NCC(NS(=O)(=O)c2ccccc2)C(=O)O)s1)NCc1ccccc1. The molecule has 3 rings (SSSR count). The minimum Gasteiger partial charge on any atom is -0.480 e. The smallest absolute Gasteiger partial charge is 0.323 e. The topological polar surface area (TPSA) is 171 Å². The summed E-state index contributed by atoms with van der Waals surface area (Å²) in [6.45, 7) is -0.0358. The third-order valence-electron chi connectivity index (χ3n) is 5.14. The number of hydrogen-bond acceptors (Lipinski definition) is 7. The second kappa shape index (κ2) is 13.5.